The number of ether oxygens (including phenoxy) is 1. The first-order valence-corrected chi connectivity index (χ1v) is 11.9. The Hall–Kier alpha value is -1.76. The first kappa shape index (κ1) is 25.3. The minimum absolute atomic E-state index is 0.108. The number of rotatable bonds is 10. The minimum Gasteiger partial charge on any atom is -0.493 e. The zero-order chi connectivity index (χ0) is 22.4. The molecule has 0 aliphatic heterocycles. The fraction of sp³-hybridized carbons (Fsp3) is 0.682. The molecule has 1 aromatic carbocycles. The second kappa shape index (κ2) is 10.3. The van der Waals surface area contributed by atoms with Crippen molar-refractivity contribution in [2.24, 2.45) is 17.3 Å². The SMILES string of the molecule is COc1ccc(CN(CC(C)C)C(=O)C[C@@H](C)CC(C)(C)C)cc1OS(C)(=O)=O. The van der Waals surface area contributed by atoms with Crippen LogP contribution in [0.15, 0.2) is 18.2 Å². The Morgan fingerprint density at radius 3 is 2.24 bits per heavy atom. The quantitative estimate of drug-likeness (QED) is 0.515. The van der Waals surface area contributed by atoms with E-state index in [9.17, 15) is 13.2 Å². The summed E-state index contributed by atoms with van der Waals surface area (Å²) in [5.74, 6) is 1.18. The van der Waals surface area contributed by atoms with E-state index in [0.717, 1.165) is 18.2 Å². The van der Waals surface area contributed by atoms with Gasteiger partial charge in [-0.05, 0) is 41.4 Å². The van der Waals surface area contributed by atoms with Gasteiger partial charge in [-0.3, -0.25) is 4.79 Å². The maximum atomic E-state index is 13.0. The van der Waals surface area contributed by atoms with Crippen LogP contribution in [0.5, 0.6) is 11.5 Å². The fourth-order valence-electron chi connectivity index (χ4n) is 3.51. The van der Waals surface area contributed by atoms with Crippen molar-refractivity contribution in [1.82, 2.24) is 4.90 Å². The number of nitrogens with zero attached hydrogens (tertiary/aromatic N) is 1. The molecule has 0 saturated carbocycles. The molecule has 1 amide bonds. The zero-order valence-corrected chi connectivity index (χ0v) is 19.9. The van der Waals surface area contributed by atoms with E-state index in [1.54, 1.807) is 12.1 Å². The maximum Gasteiger partial charge on any atom is 0.306 e. The third-order valence-corrected chi connectivity index (χ3v) is 4.75. The lowest BCUT2D eigenvalue weighted by molar-refractivity contribution is -0.133. The first-order chi connectivity index (χ1) is 13.2. The van der Waals surface area contributed by atoms with Crippen LogP contribution in [0.2, 0.25) is 0 Å². The van der Waals surface area contributed by atoms with Crippen molar-refractivity contribution in [2.45, 2.75) is 60.9 Å². The van der Waals surface area contributed by atoms with Crippen molar-refractivity contribution in [3.63, 3.8) is 0 Å². The Morgan fingerprint density at radius 1 is 1.14 bits per heavy atom. The molecule has 0 aromatic heterocycles. The molecule has 166 valence electrons. The van der Waals surface area contributed by atoms with Gasteiger partial charge in [-0.15, -0.1) is 0 Å². The molecule has 0 spiro atoms. The molecule has 29 heavy (non-hydrogen) atoms. The average molecular weight is 428 g/mol. The number of carbonyl (C=O) groups excluding carboxylic acids is 1. The number of hydrogen-bond acceptors (Lipinski definition) is 5. The Kier molecular flexibility index (Phi) is 9.00. The zero-order valence-electron chi connectivity index (χ0n) is 19.1. The van der Waals surface area contributed by atoms with Gasteiger partial charge in [-0.25, -0.2) is 0 Å². The lowest BCUT2D eigenvalue weighted by atomic mass is 9.84. The summed E-state index contributed by atoms with van der Waals surface area (Å²) >= 11 is 0. The van der Waals surface area contributed by atoms with Crippen LogP contribution in [0, 0.1) is 17.3 Å². The van der Waals surface area contributed by atoms with Gasteiger partial charge in [0.15, 0.2) is 11.5 Å². The molecule has 6 nitrogen and oxygen atoms in total. The van der Waals surface area contributed by atoms with E-state index in [2.05, 4.69) is 41.5 Å². The molecule has 1 atom stereocenters. The summed E-state index contributed by atoms with van der Waals surface area (Å²) in [7, 11) is -2.23. The third-order valence-electron chi connectivity index (χ3n) is 4.26. The molecule has 0 aliphatic carbocycles. The van der Waals surface area contributed by atoms with Gasteiger partial charge >= 0.3 is 10.1 Å². The highest BCUT2D eigenvalue weighted by molar-refractivity contribution is 7.86. The van der Waals surface area contributed by atoms with Crippen LogP contribution in [0.4, 0.5) is 0 Å². The van der Waals surface area contributed by atoms with E-state index in [0.29, 0.717) is 31.2 Å². The van der Waals surface area contributed by atoms with Gasteiger partial charge in [0.25, 0.3) is 0 Å². The number of methoxy groups -OCH3 is 1. The molecule has 1 rings (SSSR count). The molecule has 1 aromatic rings. The summed E-state index contributed by atoms with van der Waals surface area (Å²) in [6.45, 7) is 13.8. The van der Waals surface area contributed by atoms with Crippen molar-refractivity contribution in [2.75, 3.05) is 19.9 Å². The molecule has 0 saturated heterocycles. The highest BCUT2D eigenvalue weighted by Crippen LogP contribution is 2.30. The lowest BCUT2D eigenvalue weighted by Crippen LogP contribution is -2.35. The van der Waals surface area contributed by atoms with Gasteiger partial charge in [0, 0.05) is 19.5 Å². The fourth-order valence-corrected chi connectivity index (χ4v) is 3.96. The van der Waals surface area contributed by atoms with Crippen LogP contribution in [0.1, 0.15) is 59.9 Å². The molecule has 0 radical (unpaired) electrons. The predicted octanol–water partition coefficient (Wildman–Crippen LogP) is 4.48. The molecular formula is C22H37NO5S. The number of amides is 1. The number of carbonyl (C=O) groups is 1. The number of hydrogen-bond donors (Lipinski definition) is 0. The first-order valence-electron chi connectivity index (χ1n) is 10.0. The van der Waals surface area contributed by atoms with Gasteiger partial charge in [0.2, 0.25) is 5.91 Å². The van der Waals surface area contributed by atoms with E-state index < -0.39 is 10.1 Å². The van der Waals surface area contributed by atoms with Crippen molar-refractivity contribution in [3.8, 4) is 11.5 Å². The van der Waals surface area contributed by atoms with E-state index in [-0.39, 0.29) is 23.0 Å². The second-order valence-electron chi connectivity index (χ2n) is 9.51. The highest BCUT2D eigenvalue weighted by atomic mass is 32.2. The topological polar surface area (TPSA) is 72.9 Å². The van der Waals surface area contributed by atoms with Gasteiger partial charge in [0.1, 0.15) is 0 Å². The summed E-state index contributed by atoms with van der Waals surface area (Å²) in [5, 5.41) is 0. The molecule has 0 heterocycles. The van der Waals surface area contributed by atoms with Crippen molar-refractivity contribution in [3.05, 3.63) is 23.8 Å². The van der Waals surface area contributed by atoms with Gasteiger partial charge in [-0.1, -0.05) is 47.6 Å². The molecule has 0 fully saturated rings. The van der Waals surface area contributed by atoms with Crippen molar-refractivity contribution >= 4 is 16.0 Å². The van der Waals surface area contributed by atoms with Crippen LogP contribution in [0.3, 0.4) is 0 Å². The monoisotopic (exact) mass is 427 g/mol. The Labute approximate surface area is 176 Å². The summed E-state index contributed by atoms with van der Waals surface area (Å²) in [6.07, 6.45) is 2.46. The third kappa shape index (κ3) is 10.0. The standard InChI is InChI=1S/C22H37NO5S/c1-16(2)14-23(21(24)11-17(3)13-22(4,5)6)15-18-9-10-19(27-7)20(12-18)28-29(8,25)26/h9-10,12,16-17H,11,13-15H2,1-8H3/t17-/m1/s1. The van der Waals surface area contributed by atoms with E-state index in [1.165, 1.54) is 7.11 Å². The van der Waals surface area contributed by atoms with E-state index >= 15 is 0 Å². The number of benzene rings is 1. The smallest absolute Gasteiger partial charge is 0.306 e. The lowest BCUT2D eigenvalue weighted by Gasteiger charge is -2.28. The largest absolute Gasteiger partial charge is 0.493 e. The summed E-state index contributed by atoms with van der Waals surface area (Å²) in [4.78, 5) is 14.8. The highest BCUT2D eigenvalue weighted by Gasteiger charge is 2.22. The molecule has 0 bridgehead atoms. The molecule has 0 unspecified atom stereocenters. The van der Waals surface area contributed by atoms with Crippen molar-refractivity contribution in [1.29, 1.82) is 0 Å². The van der Waals surface area contributed by atoms with Gasteiger partial charge in [-0.2, -0.15) is 8.42 Å². The normalized spacial score (nSPS) is 13.3. The summed E-state index contributed by atoms with van der Waals surface area (Å²) in [5.41, 5.74) is 0.970. The van der Waals surface area contributed by atoms with Crippen LogP contribution >= 0.6 is 0 Å². The molecular weight excluding hydrogens is 390 g/mol. The Bertz CT molecular complexity index is 781. The van der Waals surface area contributed by atoms with Crippen LogP contribution in [-0.2, 0) is 21.5 Å². The Morgan fingerprint density at radius 2 is 1.76 bits per heavy atom. The molecule has 0 aliphatic rings. The van der Waals surface area contributed by atoms with E-state index in [1.807, 2.05) is 11.0 Å². The molecule has 7 heteroatoms. The van der Waals surface area contributed by atoms with E-state index in [4.69, 9.17) is 8.92 Å². The second-order valence-corrected chi connectivity index (χ2v) is 11.1. The maximum absolute atomic E-state index is 13.0. The average Bonchev–Trinajstić information content (AvgIpc) is 2.50. The van der Waals surface area contributed by atoms with Crippen LogP contribution in [-0.4, -0.2) is 39.1 Å². The predicted molar refractivity (Wildman–Crippen MR) is 117 cm³/mol. The Balaban J connectivity index is 3.03. The van der Waals surface area contributed by atoms with Crippen LogP contribution in [0.25, 0.3) is 0 Å². The summed E-state index contributed by atoms with van der Waals surface area (Å²) < 4.78 is 33.3. The minimum atomic E-state index is -3.68. The van der Waals surface area contributed by atoms with Crippen molar-refractivity contribution < 1.29 is 22.1 Å². The molecule has 0 N–H and O–H groups in total. The van der Waals surface area contributed by atoms with Gasteiger partial charge in [0.05, 0.1) is 13.4 Å². The summed E-state index contributed by atoms with van der Waals surface area (Å²) in [6, 6.07) is 5.11. The van der Waals surface area contributed by atoms with Gasteiger partial charge < -0.3 is 13.8 Å². The van der Waals surface area contributed by atoms with Crippen LogP contribution < -0.4 is 8.92 Å².